The summed E-state index contributed by atoms with van der Waals surface area (Å²) >= 11 is 1.42. The molecular formula is C18H22N2O3S. The number of thiazole rings is 1. The largest absolute Gasteiger partial charge is 0.496 e. The van der Waals surface area contributed by atoms with Gasteiger partial charge in [-0.05, 0) is 56.9 Å². The highest BCUT2D eigenvalue weighted by Gasteiger charge is 2.38. The van der Waals surface area contributed by atoms with Gasteiger partial charge in [0.05, 0.1) is 12.8 Å². The lowest BCUT2D eigenvalue weighted by Crippen LogP contribution is -2.39. The lowest BCUT2D eigenvalue weighted by molar-refractivity contribution is -0.133. The zero-order chi connectivity index (χ0) is 17.3. The second-order valence-electron chi connectivity index (χ2n) is 6.31. The molecule has 5 nitrogen and oxygen atoms in total. The molecule has 1 aliphatic heterocycles. The molecule has 2 aromatic rings. The van der Waals surface area contributed by atoms with Crippen molar-refractivity contribution in [3.05, 3.63) is 28.6 Å². The van der Waals surface area contributed by atoms with E-state index in [9.17, 15) is 4.79 Å². The van der Waals surface area contributed by atoms with E-state index < -0.39 is 5.60 Å². The second-order valence-corrected chi connectivity index (χ2v) is 7.17. The molecule has 128 valence electrons. The molecular weight excluding hydrogens is 324 g/mol. The van der Waals surface area contributed by atoms with Crippen LogP contribution < -0.4 is 10.1 Å². The summed E-state index contributed by atoms with van der Waals surface area (Å²) in [5.74, 6) is 0.745. The highest BCUT2D eigenvalue weighted by atomic mass is 32.1. The van der Waals surface area contributed by atoms with Crippen molar-refractivity contribution in [1.82, 2.24) is 4.98 Å². The van der Waals surface area contributed by atoms with Gasteiger partial charge < -0.3 is 9.47 Å². The van der Waals surface area contributed by atoms with E-state index in [2.05, 4.69) is 16.4 Å². The van der Waals surface area contributed by atoms with Gasteiger partial charge in [0.2, 0.25) is 0 Å². The number of amides is 1. The third-order valence-corrected chi connectivity index (χ3v) is 5.20. The number of hydrogen-bond acceptors (Lipinski definition) is 5. The lowest BCUT2D eigenvalue weighted by Gasteiger charge is -2.20. The minimum atomic E-state index is -0.738. The van der Waals surface area contributed by atoms with E-state index in [-0.39, 0.29) is 5.91 Å². The Balaban J connectivity index is 1.81. The average Bonchev–Trinajstić information content (AvgIpc) is 3.19. The molecule has 1 saturated heterocycles. The number of benzene rings is 1. The van der Waals surface area contributed by atoms with Gasteiger partial charge in [0.15, 0.2) is 5.13 Å². The van der Waals surface area contributed by atoms with Crippen molar-refractivity contribution in [1.29, 1.82) is 0 Å². The van der Waals surface area contributed by atoms with Crippen LogP contribution in [0.15, 0.2) is 17.5 Å². The molecule has 2 heterocycles. The molecule has 1 aliphatic rings. The molecule has 0 unspecified atom stereocenters. The van der Waals surface area contributed by atoms with E-state index in [0.29, 0.717) is 11.7 Å². The van der Waals surface area contributed by atoms with E-state index in [1.807, 2.05) is 32.2 Å². The van der Waals surface area contributed by atoms with Gasteiger partial charge in [-0.3, -0.25) is 10.1 Å². The minimum absolute atomic E-state index is 0.122. The molecule has 0 bridgehead atoms. The average molecular weight is 346 g/mol. The zero-order valence-corrected chi connectivity index (χ0v) is 15.3. The van der Waals surface area contributed by atoms with Crippen LogP contribution in [-0.4, -0.2) is 30.2 Å². The second kappa shape index (κ2) is 6.53. The number of rotatable bonds is 4. The number of carbonyl (C=O) groups is 1. The SMILES string of the molecule is COc1cc(C)c(-c2csc(NC(=O)[C@]3(C)CCCO3)n2)cc1C. The summed E-state index contributed by atoms with van der Waals surface area (Å²) in [4.78, 5) is 17.0. The molecule has 1 aromatic carbocycles. The van der Waals surface area contributed by atoms with Crippen LogP contribution >= 0.6 is 11.3 Å². The summed E-state index contributed by atoms with van der Waals surface area (Å²) < 4.78 is 10.9. The molecule has 0 saturated carbocycles. The molecule has 0 spiro atoms. The number of methoxy groups -OCH3 is 1. The monoisotopic (exact) mass is 346 g/mol. The van der Waals surface area contributed by atoms with E-state index in [1.165, 1.54) is 11.3 Å². The molecule has 1 N–H and O–H groups in total. The van der Waals surface area contributed by atoms with Crippen LogP contribution in [0.4, 0.5) is 5.13 Å². The van der Waals surface area contributed by atoms with Crippen molar-refractivity contribution in [2.24, 2.45) is 0 Å². The Kier molecular flexibility index (Phi) is 4.60. The number of nitrogens with one attached hydrogen (secondary N) is 1. The van der Waals surface area contributed by atoms with Gasteiger partial charge in [-0.1, -0.05) is 0 Å². The summed E-state index contributed by atoms with van der Waals surface area (Å²) in [5.41, 5.74) is 3.32. The molecule has 1 aromatic heterocycles. The fourth-order valence-electron chi connectivity index (χ4n) is 2.93. The lowest BCUT2D eigenvalue weighted by atomic mass is 10.0. The van der Waals surface area contributed by atoms with Gasteiger partial charge >= 0.3 is 0 Å². The molecule has 0 radical (unpaired) electrons. The molecule has 1 atom stereocenters. The van der Waals surface area contributed by atoms with Crippen LogP contribution in [0.1, 0.15) is 30.9 Å². The third-order valence-electron chi connectivity index (χ3n) is 4.44. The Labute approximate surface area is 146 Å². The minimum Gasteiger partial charge on any atom is -0.496 e. The van der Waals surface area contributed by atoms with Crippen molar-refractivity contribution in [3.8, 4) is 17.0 Å². The van der Waals surface area contributed by atoms with Gasteiger partial charge in [0, 0.05) is 17.6 Å². The molecule has 0 aliphatic carbocycles. The van der Waals surface area contributed by atoms with E-state index in [0.717, 1.165) is 41.0 Å². The van der Waals surface area contributed by atoms with Crippen molar-refractivity contribution in [2.75, 3.05) is 19.0 Å². The Bertz CT molecular complexity index is 764. The van der Waals surface area contributed by atoms with Gasteiger partial charge in [-0.25, -0.2) is 4.98 Å². The van der Waals surface area contributed by atoms with Crippen LogP contribution in [0.25, 0.3) is 11.3 Å². The van der Waals surface area contributed by atoms with Crippen LogP contribution in [-0.2, 0) is 9.53 Å². The van der Waals surface area contributed by atoms with Gasteiger partial charge in [-0.15, -0.1) is 11.3 Å². The fraction of sp³-hybridized carbons (Fsp3) is 0.444. The first kappa shape index (κ1) is 16.9. The quantitative estimate of drug-likeness (QED) is 0.911. The first-order valence-corrected chi connectivity index (χ1v) is 8.87. The van der Waals surface area contributed by atoms with Crippen LogP contribution in [0.3, 0.4) is 0 Å². The topological polar surface area (TPSA) is 60.5 Å². The van der Waals surface area contributed by atoms with Crippen molar-refractivity contribution in [2.45, 2.75) is 39.2 Å². The molecule has 1 amide bonds. The van der Waals surface area contributed by atoms with E-state index in [4.69, 9.17) is 9.47 Å². The number of ether oxygens (including phenoxy) is 2. The molecule has 6 heteroatoms. The summed E-state index contributed by atoms with van der Waals surface area (Å²) in [6, 6.07) is 4.08. The van der Waals surface area contributed by atoms with Gasteiger partial charge in [-0.2, -0.15) is 0 Å². The maximum absolute atomic E-state index is 12.4. The summed E-state index contributed by atoms with van der Waals surface area (Å²) in [7, 11) is 1.67. The molecule has 3 rings (SSSR count). The van der Waals surface area contributed by atoms with E-state index in [1.54, 1.807) is 7.11 Å². The Morgan fingerprint density at radius 2 is 2.17 bits per heavy atom. The number of anilines is 1. The Morgan fingerprint density at radius 3 is 2.83 bits per heavy atom. The number of aryl methyl sites for hydroxylation is 2. The van der Waals surface area contributed by atoms with Gasteiger partial charge in [0.25, 0.3) is 5.91 Å². The number of aromatic nitrogens is 1. The van der Waals surface area contributed by atoms with Crippen molar-refractivity contribution >= 4 is 22.4 Å². The summed E-state index contributed by atoms with van der Waals surface area (Å²) in [5, 5.41) is 5.45. The van der Waals surface area contributed by atoms with E-state index >= 15 is 0 Å². The summed E-state index contributed by atoms with van der Waals surface area (Å²) in [6.07, 6.45) is 1.66. The fourth-order valence-corrected chi connectivity index (χ4v) is 3.63. The Hall–Kier alpha value is -1.92. The standard InChI is InChI=1S/C18H22N2O3S/c1-11-9-15(22-4)12(2)8-13(11)14-10-24-17(19-14)20-16(21)18(3)6-5-7-23-18/h8-10H,5-7H2,1-4H3,(H,19,20,21)/t18-/m0/s1. The maximum atomic E-state index is 12.4. The first-order chi connectivity index (χ1) is 11.4. The third kappa shape index (κ3) is 3.16. The molecule has 24 heavy (non-hydrogen) atoms. The number of nitrogens with zero attached hydrogens (tertiary/aromatic N) is 1. The number of carbonyl (C=O) groups excluding carboxylic acids is 1. The Morgan fingerprint density at radius 1 is 1.38 bits per heavy atom. The zero-order valence-electron chi connectivity index (χ0n) is 14.4. The number of hydrogen-bond donors (Lipinski definition) is 1. The maximum Gasteiger partial charge on any atom is 0.258 e. The van der Waals surface area contributed by atoms with Crippen LogP contribution in [0.2, 0.25) is 0 Å². The normalized spacial score (nSPS) is 20.2. The predicted molar refractivity (Wildman–Crippen MR) is 95.8 cm³/mol. The smallest absolute Gasteiger partial charge is 0.258 e. The highest BCUT2D eigenvalue weighted by Crippen LogP contribution is 2.33. The van der Waals surface area contributed by atoms with Gasteiger partial charge in [0.1, 0.15) is 11.4 Å². The van der Waals surface area contributed by atoms with Crippen molar-refractivity contribution < 1.29 is 14.3 Å². The van der Waals surface area contributed by atoms with Crippen LogP contribution in [0.5, 0.6) is 5.75 Å². The first-order valence-electron chi connectivity index (χ1n) is 7.99. The summed E-state index contributed by atoms with van der Waals surface area (Å²) in [6.45, 7) is 6.51. The predicted octanol–water partition coefficient (Wildman–Crippen LogP) is 3.94. The van der Waals surface area contributed by atoms with Crippen molar-refractivity contribution in [3.63, 3.8) is 0 Å². The molecule has 1 fully saturated rings. The highest BCUT2D eigenvalue weighted by molar-refractivity contribution is 7.14. The van der Waals surface area contributed by atoms with Crippen LogP contribution in [0, 0.1) is 13.8 Å².